The molecule has 132 valence electrons. The van der Waals surface area contributed by atoms with Gasteiger partial charge in [-0.2, -0.15) is 0 Å². The maximum Gasteiger partial charge on any atom is 0.247 e. The summed E-state index contributed by atoms with van der Waals surface area (Å²) in [5, 5.41) is 8.48. The number of carbonyl (C=O) groups is 1. The van der Waals surface area contributed by atoms with E-state index in [1.807, 2.05) is 12.2 Å². The van der Waals surface area contributed by atoms with Crippen molar-refractivity contribution < 1.29 is 19.5 Å². The normalized spacial score (nSPS) is 29.5. The average molecular weight is 325 g/mol. The molecule has 2 fully saturated rings. The third-order valence-corrected chi connectivity index (χ3v) is 5.05. The van der Waals surface area contributed by atoms with Crippen LogP contribution >= 0.6 is 0 Å². The molecule has 1 amide bonds. The first-order chi connectivity index (χ1) is 11.3. The Labute approximate surface area is 139 Å². The van der Waals surface area contributed by atoms with Crippen molar-refractivity contribution in [3.63, 3.8) is 0 Å². The third kappa shape index (κ3) is 5.59. The molecular weight excluding hydrogens is 294 g/mol. The minimum absolute atomic E-state index is 0.219. The lowest BCUT2D eigenvalue weighted by atomic mass is 9.78. The predicted octanol–water partition coefficient (Wildman–Crippen LogP) is 3.22. The summed E-state index contributed by atoms with van der Waals surface area (Å²) in [5.41, 5.74) is 1.64. The SMILES string of the molecule is CCCCCCOC[C@@H]1[C@H](C/C=C\CC(=O)NO)[C@@H]2CC[C@H]1O2. The number of amides is 1. The highest BCUT2D eigenvalue weighted by atomic mass is 16.5. The lowest BCUT2D eigenvalue weighted by Crippen LogP contribution is -2.30. The highest BCUT2D eigenvalue weighted by Gasteiger charge is 2.48. The van der Waals surface area contributed by atoms with Crippen molar-refractivity contribution in [2.24, 2.45) is 11.8 Å². The molecule has 2 heterocycles. The molecule has 0 spiro atoms. The van der Waals surface area contributed by atoms with Gasteiger partial charge in [0.05, 0.1) is 18.8 Å². The van der Waals surface area contributed by atoms with Crippen LogP contribution < -0.4 is 5.48 Å². The van der Waals surface area contributed by atoms with Crippen LogP contribution in [-0.2, 0) is 14.3 Å². The van der Waals surface area contributed by atoms with Gasteiger partial charge in [-0.1, -0.05) is 38.3 Å². The topological polar surface area (TPSA) is 67.8 Å². The fourth-order valence-corrected chi connectivity index (χ4v) is 3.77. The number of hydroxylamine groups is 1. The van der Waals surface area contributed by atoms with Gasteiger partial charge < -0.3 is 9.47 Å². The Morgan fingerprint density at radius 1 is 1.22 bits per heavy atom. The Bertz CT molecular complexity index is 385. The molecule has 2 bridgehead atoms. The van der Waals surface area contributed by atoms with E-state index in [-0.39, 0.29) is 12.3 Å². The molecule has 2 aliphatic rings. The van der Waals surface area contributed by atoms with Crippen molar-refractivity contribution in [1.82, 2.24) is 5.48 Å². The van der Waals surface area contributed by atoms with Crippen LogP contribution in [0.15, 0.2) is 12.2 Å². The number of hydrogen-bond donors (Lipinski definition) is 2. The summed E-state index contributed by atoms with van der Waals surface area (Å²) in [6, 6.07) is 0. The fraction of sp³-hybridized carbons (Fsp3) is 0.833. The van der Waals surface area contributed by atoms with E-state index in [2.05, 4.69) is 6.92 Å². The highest BCUT2D eigenvalue weighted by molar-refractivity contribution is 5.76. The summed E-state index contributed by atoms with van der Waals surface area (Å²) in [4.78, 5) is 11.0. The second kappa shape index (κ2) is 10.1. The molecule has 4 atom stereocenters. The molecule has 0 saturated carbocycles. The molecular formula is C18H31NO4. The van der Waals surface area contributed by atoms with Gasteiger partial charge >= 0.3 is 0 Å². The van der Waals surface area contributed by atoms with Crippen LogP contribution in [0.1, 0.15) is 58.3 Å². The third-order valence-electron chi connectivity index (χ3n) is 5.05. The molecule has 2 aliphatic heterocycles. The summed E-state index contributed by atoms with van der Waals surface area (Å²) in [7, 11) is 0. The molecule has 2 saturated heterocycles. The number of carbonyl (C=O) groups excluding carboxylic acids is 1. The Balaban J connectivity index is 1.70. The molecule has 5 nitrogen and oxygen atoms in total. The van der Waals surface area contributed by atoms with E-state index in [1.54, 1.807) is 5.48 Å². The van der Waals surface area contributed by atoms with Gasteiger partial charge in [-0.15, -0.1) is 0 Å². The summed E-state index contributed by atoms with van der Waals surface area (Å²) in [6.07, 6.45) is 12.9. The number of unbranched alkanes of at least 4 members (excludes halogenated alkanes) is 3. The van der Waals surface area contributed by atoms with Gasteiger partial charge in [0.1, 0.15) is 0 Å². The smallest absolute Gasteiger partial charge is 0.247 e. The summed E-state index contributed by atoms with van der Waals surface area (Å²) in [6.45, 7) is 3.87. The van der Waals surface area contributed by atoms with Gasteiger partial charge in [-0.05, 0) is 31.6 Å². The first-order valence-corrected chi connectivity index (χ1v) is 9.07. The highest BCUT2D eigenvalue weighted by Crippen LogP contribution is 2.45. The number of fused-ring (bicyclic) bond motifs is 2. The standard InChI is InChI=1S/C18H31NO4/c1-2-3-4-7-12-22-13-15-14(16-10-11-17(15)23-16)8-5-6-9-18(20)19-21/h5-6,14-17,21H,2-4,7-13H2,1H3,(H,19,20)/b6-5-/t14-,15+,16-,17+/m0/s1. The van der Waals surface area contributed by atoms with E-state index in [4.69, 9.17) is 14.7 Å². The Kier molecular flexibility index (Phi) is 8.06. The minimum Gasteiger partial charge on any atom is -0.381 e. The van der Waals surface area contributed by atoms with E-state index < -0.39 is 0 Å². The van der Waals surface area contributed by atoms with Crippen LogP contribution in [0.2, 0.25) is 0 Å². The molecule has 0 aromatic rings. The first-order valence-electron chi connectivity index (χ1n) is 9.07. The molecule has 2 rings (SSSR count). The van der Waals surface area contributed by atoms with E-state index in [0.29, 0.717) is 24.0 Å². The molecule has 0 unspecified atom stereocenters. The van der Waals surface area contributed by atoms with Gasteiger partial charge in [0.25, 0.3) is 0 Å². The van der Waals surface area contributed by atoms with Crippen molar-refractivity contribution >= 4 is 5.91 Å². The van der Waals surface area contributed by atoms with Crippen LogP contribution in [0.5, 0.6) is 0 Å². The zero-order chi connectivity index (χ0) is 16.5. The second-order valence-electron chi connectivity index (χ2n) is 6.70. The summed E-state index contributed by atoms with van der Waals surface area (Å²) < 4.78 is 12.0. The van der Waals surface area contributed by atoms with E-state index >= 15 is 0 Å². The van der Waals surface area contributed by atoms with Gasteiger partial charge in [-0.25, -0.2) is 5.48 Å². The van der Waals surface area contributed by atoms with Crippen molar-refractivity contribution in [3.05, 3.63) is 12.2 Å². The van der Waals surface area contributed by atoms with E-state index in [1.165, 1.54) is 19.3 Å². The van der Waals surface area contributed by atoms with Crippen molar-refractivity contribution in [1.29, 1.82) is 0 Å². The second-order valence-corrected chi connectivity index (χ2v) is 6.70. The zero-order valence-corrected chi connectivity index (χ0v) is 14.2. The van der Waals surface area contributed by atoms with Crippen LogP contribution in [0.25, 0.3) is 0 Å². The van der Waals surface area contributed by atoms with Crippen LogP contribution in [0.4, 0.5) is 0 Å². The van der Waals surface area contributed by atoms with Crippen molar-refractivity contribution in [2.75, 3.05) is 13.2 Å². The fourth-order valence-electron chi connectivity index (χ4n) is 3.77. The predicted molar refractivity (Wildman–Crippen MR) is 88.1 cm³/mol. The van der Waals surface area contributed by atoms with Gasteiger partial charge in [-0.3, -0.25) is 10.0 Å². The van der Waals surface area contributed by atoms with Gasteiger partial charge in [0, 0.05) is 18.9 Å². The van der Waals surface area contributed by atoms with Crippen LogP contribution in [0, 0.1) is 11.8 Å². The largest absolute Gasteiger partial charge is 0.381 e. The number of rotatable bonds is 11. The van der Waals surface area contributed by atoms with Crippen LogP contribution in [0.3, 0.4) is 0 Å². The first kappa shape index (κ1) is 18.4. The molecule has 0 aliphatic carbocycles. The quantitative estimate of drug-likeness (QED) is 0.265. The molecule has 23 heavy (non-hydrogen) atoms. The molecule has 0 aromatic carbocycles. The van der Waals surface area contributed by atoms with E-state index in [9.17, 15) is 4.79 Å². The average Bonchev–Trinajstić information content (AvgIpc) is 3.16. The van der Waals surface area contributed by atoms with E-state index in [0.717, 1.165) is 38.9 Å². The monoisotopic (exact) mass is 325 g/mol. The zero-order valence-electron chi connectivity index (χ0n) is 14.2. The molecule has 0 radical (unpaired) electrons. The Hall–Kier alpha value is -0.910. The number of allylic oxidation sites excluding steroid dienone is 1. The molecule has 5 heteroatoms. The Morgan fingerprint density at radius 2 is 2.00 bits per heavy atom. The minimum atomic E-state index is -0.377. The number of ether oxygens (including phenoxy) is 2. The summed E-state index contributed by atoms with van der Waals surface area (Å²) >= 11 is 0. The maximum atomic E-state index is 11.0. The van der Waals surface area contributed by atoms with Gasteiger partial charge in [0.2, 0.25) is 5.91 Å². The van der Waals surface area contributed by atoms with Crippen molar-refractivity contribution in [3.8, 4) is 0 Å². The van der Waals surface area contributed by atoms with Crippen molar-refractivity contribution in [2.45, 2.75) is 70.5 Å². The van der Waals surface area contributed by atoms with Crippen LogP contribution in [-0.4, -0.2) is 36.5 Å². The Morgan fingerprint density at radius 3 is 2.74 bits per heavy atom. The maximum absolute atomic E-state index is 11.0. The number of nitrogens with one attached hydrogen (secondary N) is 1. The van der Waals surface area contributed by atoms with Gasteiger partial charge in [0.15, 0.2) is 0 Å². The molecule has 2 N–H and O–H groups in total. The lowest BCUT2D eigenvalue weighted by molar-refractivity contribution is -0.128. The lowest BCUT2D eigenvalue weighted by Gasteiger charge is -2.27. The number of hydrogen-bond acceptors (Lipinski definition) is 4. The molecule has 0 aromatic heterocycles. The summed E-state index contributed by atoms with van der Waals surface area (Å²) in [5.74, 6) is 0.603.